The third-order valence-corrected chi connectivity index (χ3v) is 4.53. The van der Waals surface area contributed by atoms with Crippen molar-refractivity contribution in [3.63, 3.8) is 0 Å². The highest BCUT2D eigenvalue weighted by molar-refractivity contribution is 5.84. The first kappa shape index (κ1) is 18.9. The maximum Gasteiger partial charge on any atom is 0.344 e. The minimum atomic E-state index is -0.884. The van der Waals surface area contributed by atoms with Crippen LogP contribution in [0.3, 0.4) is 0 Å². The van der Waals surface area contributed by atoms with Crippen LogP contribution in [0.1, 0.15) is 37.8 Å². The molecule has 27 heavy (non-hydrogen) atoms. The van der Waals surface area contributed by atoms with Crippen molar-refractivity contribution in [2.24, 2.45) is 0 Å². The van der Waals surface area contributed by atoms with Crippen LogP contribution in [0.15, 0.2) is 27.4 Å². The highest BCUT2D eigenvalue weighted by Gasteiger charge is 2.20. The van der Waals surface area contributed by atoms with Gasteiger partial charge in [-0.3, -0.25) is 4.79 Å². The first-order valence-corrected chi connectivity index (χ1v) is 9.18. The molecule has 1 atom stereocenters. The van der Waals surface area contributed by atoms with Crippen LogP contribution in [0.2, 0.25) is 0 Å². The van der Waals surface area contributed by atoms with E-state index in [1.807, 2.05) is 13.0 Å². The average Bonchev–Trinajstić information content (AvgIpc) is 3.15. The fourth-order valence-electron chi connectivity index (χ4n) is 3.17. The first-order chi connectivity index (χ1) is 13.0. The van der Waals surface area contributed by atoms with E-state index in [-0.39, 0.29) is 18.1 Å². The number of esters is 1. The number of hydrogen-bond donors (Lipinski definition) is 1. The van der Waals surface area contributed by atoms with Gasteiger partial charge < -0.3 is 19.2 Å². The van der Waals surface area contributed by atoms with E-state index >= 15 is 0 Å². The number of carbonyl (C=O) groups excluding carboxylic acids is 2. The second-order valence-electron chi connectivity index (χ2n) is 6.57. The Hall–Kier alpha value is -2.83. The SMILES string of the molecule is CCCNC(=O)[C@H](C)OC(=O)COc1ccc2c3c(c(=O)oc2c1)CCC3. The largest absolute Gasteiger partial charge is 0.482 e. The van der Waals surface area contributed by atoms with E-state index in [0.29, 0.717) is 17.9 Å². The van der Waals surface area contributed by atoms with Crippen molar-refractivity contribution in [3.05, 3.63) is 39.7 Å². The molecular formula is C20H23NO6. The summed E-state index contributed by atoms with van der Waals surface area (Å²) in [6, 6.07) is 5.16. The fourth-order valence-corrected chi connectivity index (χ4v) is 3.17. The number of carbonyl (C=O) groups is 2. The second-order valence-corrected chi connectivity index (χ2v) is 6.57. The number of nitrogens with one attached hydrogen (secondary N) is 1. The zero-order valence-corrected chi connectivity index (χ0v) is 15.5. The molecule has 0 unspecified atom stereocenters. The van der Waals surface area contributed by atoms with Gasteiger partial charge in [0.15, 0.2) is 12.7 Å². The van der Waals surface area contributed by atoms with Crippen molar-refractivity contribution in [1.29, 1.82) is 0 Å². The summed E-state index contributed by atoms with van der Waals surface area (Å²) in [5.41, 5.74) is 1.94. The van der Waals surface area contributed by atoms with E-state index in [0.717, 1.165) is 42.2 Å². The summed E-state index contributed by atoms with van der Waals surface area (Å²) in [5.74, 6) is -0.597. The molecule has 7 heteroatoms. The summed E-state index contributed by atoms with van der Waals surface area (Å²) in [6.07, 6.45) is 2.48. The van der Waals surface area contributed by atoms with Crippen LogP contribution in [0.4, 0.5) is 0 Å². The molecule has 7 nitrogen and oxygen atoms in total. The topological polar surface area (TPSA) is 94.8 Å². The molecule has 0 bridgehead atoms. The van der Waals surface area contributed by atoms with Crippen LogP contribution >= 0.6 is 0 Å². The van der Waals surface area contributed by atoms with Gasteiger partial charge in [-0.1, -0.05) is 6.92 Å². The molecule has 1 aromatic carbocycles. The molecule has 0 radical (unpaired) electrons. The molecule has 1 aliphatic rings. The molecule has 3 rings (SSSR count). The maximum atomic E-state index is 12.0. The minimum absolute atomic E-state index is 0.307. The Bertz CT molecular complexity index is 917. The molecule has 144 valence electrons. The third-order valence-electron chi connectivity index (χ3n) is 4.53. The van der Waals surface area contributed by atoms with Crippen LogP contribution in [0.25, 0.3) is 11.0 Å². The second kappa shape index (κ2) is 8.24. The molecule has 1 amide bonds. The zero-order valence-electron chi connectivity index (χ0n) is 15.5. The fraction of sp³-hybridized carbons (Fsp3) is 0.450. The van der Waals surface area contributed by atoms with Gasteiger partial charge in [-0.25, -0.2) is 9.59 Å². The molecule has 2 aromatic rings. The maximum absolute atomic E-state index is 12.0. The summed E-state index contributed by atoms with van der Waals surface area (Å²) in [5, 5.41) is 3.56. The van der Waals surface area contributed by atoms with E-state index in [4.69, 9.17) is 13.9 Å². The lowest BCUT2D eigenvalue weighted by Crippen LogP contribution is -2.37. The van der Waals surface area contributed by atoms with Crippen molar-refractivity contribution >= 4 is 22.8 Å². The van der Waals surface area contributed by atoms with Gasteiger partial charge >= 0.3 is 11.6 Å². The molecule has 0 fully saturated rings. The molecule has 0 saturated carbocycles. The predicted molar refractivity (Wildman–Crippen MR) is 98.9 cm³/mol. The van der Waals surface area contributed by atoms with E-state index in [9.17, 15) is 14.4 Å². The van der Waals surface area contributed by atoms with Gasteiger partial charge in [-0.05, 0) is 50.3 Å². The monoisotopic (exact) mass is 373 g/mol. The van der Waals surface area contributed by atoms with Gasteiger partial charge in [0.05, 0.1) is 0 Å². The standard InChI is InChI=1S/C20H23NO6/c1-3-9-21-19(23)12(2)26-18(22)11-25-13-7-8-15-14-5-4-6-16(14)20(24)27-17(15)10-13/h7-8,10,12H,3-6,9,11H2,1-2H3,(H,21,23)/t12-/m0/s1. The van der Waals surface area contributed by atoms with E-state index < -0.39 is 12.1 Å². The summed E-state index contributed by atoms with van der Waals surface area (Å²) in [7, 11) is 0. The quantitative estimate of drug-likeness (QED) is 0.590. The first-order valence-electron chi connectivity index (χ1n) is 9.18. The molecule has 0 aliphatic heterocycles. The van der Waals surface area contributed by atoms with Gasteiger partial charge in [0.1, 0.15) is 11.3 Å². The Morgan fingerprint density at radius 3 is 2.81 bits per heavy atom. The molecule has 0 saturated heterocycles. The normalized spacial score (nSPS) is 13.9. The van der Waals surface area contributed by atoms with Crippen LogP contribution in [0, 0.1) is 0 Å². The van der Waals surface area contributed by atoms with E-state index in [2.05, 4.69) is 5.32 Å². The lowest BCUT2D eigenvalue weighted by molar-refractivity contribution is -0.156. The van der Waals surface area contributed by atoms with Crippen LogP contribution in [-0.2, 0) is 27.2 Å². The Balaban J connectivity index is 1.62. The summed E-state index contributed by atoms with van der Waals surface area (Å²) >= 11 is 0. The molecule has 1 heterocycles. The Kier molecular flexibility index (Phi) is 5.78. The number of rotatable bonds is 7. The third kappa shape index (κ3) is 4.30. The summed E-state index contributed by atoms with van der Waals surface area (Å²) in [4.78, 5) is 35.6. The van der Waals surface area contributed by atoms with Crippen molar-refractivity contribution < 1.29 is 23.5 Å². The highest BCUT2D eigenvalue weighted by Crippen LogP contribution is 2.29. The number of benzene rings is 1. The summed E-state index contributed by atoms with van der Waals surface area (Å²) in [6.45, 7) is 3.63. The average molecular weight is 373 g/mol. The number of amides is 1. The highest BCUT2D eigenvalue weighted by atomic mass is 16.6. The van der Waals surface area contributed by atoms with Crippen LogP contribution in [0.5, 0.6) is 5.75 Å². The van der Waals surface area contributed by atoms with Crippen molar-refractivity contribution in [1.82, 2.24) is 5.32 Å². The van der Waals surface area contributed by atoms with E-state index in [1.54, 1.807) is 12.1 Å². The van der Waals surface area contributed by atoms with Gasteiger partial charge in [-0.2, -0.15) is 0 Å². The van der Waals surface area contributed by atoms with Gasteiger partial charge in [0.25, 0.3) is 5.91 Å². The van der Waals surface area contributed by atoms with Gasteiger partial charge in [-0.15, -0.1) is 0 Å². The van der Waals surface area contributed by atoms with E-state index in [1.165, 1.54) is 6.92 Å². The molecule has 0 spiro atoms. The number of fused-ring (bicyclic) bond motifs is 3. The number of ether oxygens (including phenoxy) is 2. The van der Waals surface area contributed by atoms with Gasteiger partial charge in [0, 0.05) is 23.6 Å². The molecule has 1 N–H and O–H groups in total. The lowest BCUT2D eigenvalue weighted by atomic mass is 10.1. The van der Waals surface area contributed by atoms with Crippen molar-refractivity contribution in [2.45, 2.75) is 45.6 Å². The molecule has 1 aromatic heterocycles. The summed E-state index contributed by atoms with van der Waals surface area (Å²) < 4.78 is 15.9. The lowest BCUT2D eigenvalue weighted by Gasteiger charge is -2.13. The smallest absolute Gasteiger partial charge is 0.344 e. The Morgan fingerprint density at radius 1 is 1.26 bits per heavy atom. The minimum Gasteiger partial charge on any atom is -0.482 e. The zero-order chi connectivity index (χ0) is 19.4. The Morgan fingerprint density at radius 2 is 2.04 bits per heavy atom. The predicted octanol–water partition coefficient (Wildman–Crippen LogP) is 2.12. The van der Waals surface area contributed by atoms with Gasteiger partial charge in [0.2, 0.25) is 0 Å². The molecule has 1 aliphatic carbocycles. The van der Waals surface area contributed by atoms with Crippen molar-refractivity contribution in [3.8, 4) is 5.75 Å². The molecular weight excluding hydrogens is 350 g/mol. The number of hydrogen-bond acceptors (Lipinski definition) is 6. The van der Waals surface area contributed by atoms with Crippen LogP contribution < -0.4 is 15.7 Å². The Labute approximate surface area is 156 Å². The van der Waals surface area contributed by atoms with Crippen molar-refractivity contribution in [2.75, 3.05) is 13.2 Å². The number of aryl methyl sites for hydroxylation is 1. The van der Waals surface area contributed by atoms with Crippen LogP contribution in [-0.4, -0.2) is 31.1 Å².